The minimum atomic E-state index is -6.42. The van der Waals surface area contributed by atoms with Crippen LogP contribution in [-0.2, 0) is 16.0 Å². The van der Waals surface area contributed by atoms with E-state index in [9.17, 15) is 40.3 Å². The number of imide groups is 1. The largest absolute Gasteiger partial charge is 0.441 e. The molecule has 0 aromatic heterocycles. The summed E-state index contributed by atoms with van der Waals surface area (Å²) in [5.41, 5.74) is -6.70. The Morgan fingerprint density at radius 3 is 2.00 bits per heavy atom. The van der Waals surface area contributed by atoms with Crippen molar-refractivity contribution in [1.82, 2.24) is 4.90 Å². The molecule has 0 spiro atoms. The van der Waals surface area contributed by atoms with Crippen molar-refractivity contribution in [2.45, 2.75) is 56.9 Å². The molecule has 11 heteroatoms. The maximum Gasteiger partial charge on any atom is 0.432 e. The van der Waals surface area contributed by atoms with Crippen LogP contribution in [0.2, 0.25) is 0 Å². The number of cyclic esters (lactones) is 1. The molecule has 1 aromatic carbocycles. The fourth-order valence-corrected chi connectivity index (χ4v) is 3.23. The van der Waals surface area contributed by atoms with Gasteiger partial charge in [0, 0.05) is 0 Å². The van der Waals surface area contributed by atoms with Gasteiger partial charge in [0.15, 0.2) is 0 Å². The fourth-order valence-electron chi connectivity index (χ4n) is 3.23. The summed E-state index contributed by atoms with van der Waals surface area (Å²) >= 11 is 0. The molecule has 0 bridgehead atoms. The van der Waals surface area contributed by atoms with Crippen molar-refractivity contribution >= 4 is 12.0 Å². The molecule has 2 rings (SSSR count). The molecular weight excluding hydrogens is 411 g/mol. The van der Waals surface area contributed by atoms with E-state index in [1.165, 1.54) is 13.8 Å². The highest BCUT2D eigenvalue weighted by atomic mass is 19.4. The van der Waals surface area contributed by atoms with Gasteiger partial charge in [0.2, 0.25) is 5.91 Å². The third-order valence-corrected chi connectivity index (χ3v) is 4.96. The minimum Gasteiger partial charge on any atom is -0.441 e. The normalized spacial score (nSPS) is 21.1. The molecule has 1 heterocycles. The van der Waals surface area contributed by atoms with Gasteiger partial charge in [-0.25, -0.2) is 14.1 Å². The zero-order chi connectivity index (χ0) is 22.4. The lowest BCUT2D eigenvalue weighted by Gasteiger charge is -2.36. The molecule has 1 aliphatic heterocycles. The molecule has 1 fully saturated rings. The van der Waals surface area contributed by atoms with Crippen molar-refractivity contribution in [3.05, 3.63) is 35.9 Å². The van der Waals surface area contributed by atoms with Gasteiger partial charge in [-0.1, -0.05) is 30.3 Å². The number of hydrogen-bond donors (Lipinski definition) is 0. The predicted octanol–water partition coefficient (Wildman–Crippen LogP) is 4.82. The fraction of sp³-hybridized carbons (Fsp3) is 0.556. The quantitative estimate of drug-likeness (QED) is 0.645. The van der Waals surface area contributed by atoms with E-state index >= 15 is 0 Å². The lowest BCUT2D eigenvalue weighted by atomic mass is 9.86. The summed E-state index contributed by atoms with van der Waals surface area (Å²) in [4.78, 5) is 24.9. The molecule has 0 unspecified atom stereocenters. The van der Waals surface area contributed by atoms with Crippen molar-refractivity contribution < 1.29 is 45.1 Å². The van der Waals surface area contributed by atoms with Crippen molar-refractivity contribution in [3.63, 3.8) is 0 Å². The molecule has 2 amide bonds. The van der Waals surface area contributed by atoms with Crippen LogP contribution in [-0.4, -0.2) is 46.6 Å². The third kappa shape index (κ3) is 3.91. The average molecular weight is 429 g/mol. The van der Waals surface area contributed by atoms with Crippen molar-refractivity contribution in [2.24, 2.45) is 5.92 Å². The Bertz CT molecular complexity index is 760. The Kier molecular flexibility index (Phi) is 5.68. The SMILES string of the molecule is C[C@@H](C(=O)N1C(=O)OC(C)(C)[C@@H]1Cc1ccccc1)C(F)(C(F)(F)F)C(F)(F)F. The first-order valence-electron chi connectivity index (χ1n) is 8.46. The Hall–Kier alpha value is -2.33. The molecule has 1 aromatic rings. The van der Waals surface area contributed by atoms with Crippen molar-refractivity contribution in [2.75, 3.05) is 0 Å². The minimum absolute atomic E-state index is 0.102. The zero-order valence-corrected chi connectivity index (χ0v) is 15.6. The van der Waals surface area contributed by atoms with Crippen LogP contribution in [0, 0.1) is 5.92 Å². The molecular formula is C18H18F7NO3. The Labute approximate surface area is 161 Å². The Morgan fingerprint density at radius 1 is 1.07 bits per heavy atom. The van der Waals surface area contributed by atoms with Crippen LogP contribution in [0.3, 0.4) is 0 Å². The molecule has 29 heavy (non-hydrogen) atoms. The molecule has 0 aliphatic carbocycles. The number of carbonyl (C=O) groups is 2. The molecule has 0 N–H and O–H groups in total. The molecule has 1 saturated heterocycles. The van der Waals surface area contributed by atoms with Gasteiger partial charge >= 0.3 is 24.1 Å². The summed E-state index contributed by atoms with van der Waals surface area (Å²) in [6.45, 7) is 2.86. The number of hydrogen-bond acceptors (Lipinski definition) is 3. The Balaban J connectivity index is 2.46. The highest BCUT2D eigenvalue weighted by molar-refractivity contribution is 5.96. The monoisotopic (exact) mass is 429 g/mol. The summed E-state index contributed by atoms with van der Waals surface area (Å²) in [6, 6.07) is 6.85. The topological polar surface area (TPSA) is 46.6 Å². The molecule has 2 atom stereocenters. The molecule has 4 nitrogen and oxygen atoms in total. The van der Waals surface area contributed by atoms with Crippen molar-refractivity contribution in [1.29, 1.82) is 0 Å². The van der Waals surface area contributed by atoms with Crippen LogP contribution in [0.5, 0.6) is 0 Å². The number of rotatable bonds is 4. The van der Waals surface area contributed by atoms with Crippen molar-refractivity contribution in [3.8, 4) is 0 Å². The smallest absolute Gasteiger partial charge is 0.432 e. The second kappa shape index (κ2) is 7.17. The van der Waals surface area contributed by atoms with E-state index in [1.54, 1.807) is 30.3 Å². The zero-order valence-electron chi connectivity index (χ0n) is 15.6. The number of alkyl halides is 7. The summed E-state index contributed by atoms with van der Waals surface area (Å²) in [7, 11) is 0. The molecule has 1 aliphatic rings. The highest BCUT2D eigenvalue weighted by Crippen LogP contribution is 2.51. The average Bonchev–Trinajstić information content (AvgIpc) is 2.80. The van der Waals surface area contributed by atoms with E-state index in [0.717, 1.165) is 0 Å². The third-order valence-electron chi connectivity index (χ3n) is 4.96. The van der Waals surface area contributed by atoms with Gasteiger partial charge in [0.05, 0.1) is 12.0 Å². The van der Waals surface area contributed by atoms with E-state index < -0.39 is 47.6 Å². The van der Waals surface area contributed by atoms with E-state index in [4.69, 9.17) is 4.74 Å². The molecule has 162 valence electrons. The summed E-state index contributed by atoms with van der Waals surface area (Å²) in [6.07, 6.45) is -14.4. The van der Waals surface area contributed by atoms with Gasteiger partial charge < -0.3 is 4.74 Å². The summed E-state index contributed by atoms with van der Waals surface area (Å²) < 4.78 is 97.4. The second-order valence-corrected chi connectivity index (χ2v) is 7.31. The number of carbonyl (C=O) groups excluding carboxylic acids is 2. The Morgan fingerprint density at radius 2 is 1.55 bits per heavy atom. The predicted molar refractivity (Wildman–Crippen MR) is 86.5 cm³/mol. The van der Waals surface area contributed by atoms with Crippen LogP contribution in [0.15, 0.2) is 30.3 Å². The van der Waals surface area contributed by atoms with Gasteiger partial charge in [-0.2, -0.15) is 26.3 Å². The van der Waals surface area contributed by atoms with Gasteiger partial charge in [0.1, 0.15) is 5.60 Å². The molecule has 0 radical (unpaired) electrons. The van der Waals surface area contributed by atoms with Gasteiger partial charge in [-0.3, -0.25) is 4.79 Å². The van der Waals surface area contributed by atoms with E-state index in [-0.39, 0.29) is 18.2 Å². The summed E-state index contributed by atoms with van der Waals surface area (Å²) in [5.74, 6) is -5.22. The maximum absolute atomic E-state index is 14.3. The first-order chi connectivity index (χ1) is 13.0. The lowest BCUT2D eigenvalue weighted by molar-refractivity contribution is -0.353. The van der Waals surface area contributed by atoms with E-state index in [1.807, 2.05) is 0 Å². The number of halogens is 7. The number of ether oxygens (including phenoxy) is 1. The van der Waals surface area contributed by atoms with Crippen LogP contribution in [0.25, 0.3) is 0 Å². The summed E-state index contributed by atoms with van der Waals surface area (Å²) in [5, 5.41) is 0. The first kappa shape index (κ1) is 23.0. The number of benzene rings is 1. The standard InChI is InChI=1S/C18H18F7NO3/c1-10(16(19,17(20,21)22)18(23,24)25)13(27)26-12(15(2,3)29-14(26)28)9-11-7-5-4-6-8-11/h4-8,10,12H,9H2,1-3H3/t10-,12-/m0/s1. The van der Waals surface area contributed by atoms with Gasteiger partial charge in [-0.05, 0) is 32.8 Å². The first-order valence-corrected chi connectivity index (χ1v) is 8.46. The van der Waals surface area contributed by atoms with Crippen LogP contribution in [0.1, 0.15) is 26.3 Å². The number of nitrogens with zero attached hydrogens (tertiary/aromatic N) is 1. The maximum atomic E-state index is 14.3. The highest BCUT2D eigenvalue weighted by Gasteiger charge is 2.77. The molecule has 0 saturated carbocycles. The lowest BCUT2D eigenvalue weighted by Crippen LogP contribution is -2.62. The number of amides is 2. The van der Waals surface area contributed by atoms with Gasteiger partial charge in [0.25, 0.3) is 0 Å². The van der Waals surface area contributed by atoms with E-state index in [2.05, 4.69) is 0 Å². The van der Waals surface area contributed by atoms with Crippen LogP contribution < -0.4 is 0 Å². The van der Waals surface area contributed by atoms with Crippen LogP contribution in [0.4, 0.5) is 35.5 Å². The van der Waals surface area contributed by atoms with Gasteiger partial charge in [-0.15, -0.1) is 0 Å². The van der Waals surface area contributed by atoms with E-state index in [0.29, 0.717) is 5.56 Å². The van der Waals surface area contributed by atoms with Crippen LogP contribution >= 0.6 is 0 Å². The second-order valence-electron chi connectivity index (χ2n) is 7.31.